The van der Waals surface area contributed by atoms with Crippen molar-refractivity contribution in [2.75, 3.05) is 11.5 Å². The van der Waals surface area contributed by atoms with Crippen molar-refractivity contribution in [1.82, 2.24) is 9.62 Å². The Balaban J connectivity index is 1.76. The molecule has 0 aromatic heterocycles. The fourth-order valence-electron chi connectivity index (χ4n) is 3.26. The van der Waals surface area contributed by atoms with E-state index in [0.717, 1.165) is 22.6 Å². The summed E-state index contributed by atoms with van der Waals surface area (Å²) >= 11 is 2.97. The van der Waals surface area contributed by atoms with Gasteiger partial charge in [0.25, 0.3) is 5.91 Å². The van der Waals surface area contributed by atoms with Crippen LogP contribution in [0.25, 0.3) is 0 Å². The summed E-state index contributed by atoms with van der Waals surface area (Å²) in [5, 5.41) is -0.160. The molecule has 1 aliphatic carbocycles. The largest absolute Gasteiger partial charge is 0.299 e. The molecule has 2 aliphatic rings. The maximum atomic E-state index is 13.3. The molecule has 28 heavy (non-hydrogen) atoms. The molecule has 0 radical (unpaired) electrons. The molecular formula is C21H25FN2O2S2. The van der Waals surface area contributed by atoms with Crippen LogP contribution in [0.5, 0.6) is 0 Å². The normalized spacial score (nSPS) is 22.3. The first-order valence-electron chi connectivity index (χ1n) is 9.38. The number of hydrogen-bond donors (Lipinski definition) is 1. The minimum Gasteiger partial charge on any atom is -0.299 e. The molecule has 1 aromatic rings. The number of thioether (sulfide) groups is 1. The SMILES string of the molecule is CC(C)CSNC(=O)C1=CC=C(N2C(=O)CSC2c2ccc(F)cc2)C(C)C1. The van der Waals surface area contributed by atoms with Crippen molar-refractivity contribution in [2.24, 2.45) is 11.8 Å². The fourth-order valence-corrected chi connectivity index (χ4v) is 5.11. The van der Waals surface area contributed by atoms with Gasteiger partial charge >= 0.3 is 0 Å². The number of halogens is 1. The predicted octanol–water partition coefficient (Wildman–Crippen LogP) is 4.67. The summed E-state index contributed by atoms with van der Waals surface area (Å²) in [4.78, 5) is 26.8. The zero-order chi connectivity index (χ0) is 20.3. The Kier molecular flexibility index (Phi) is 6.88. The number of nitrogens with one attached hydrogen (secondary N) is 1. The van der Waals surface area contributed by atoms with Crippen molar-refractivity contribution in [3.05, 3.63) is 59.1 Å². The standard InChI is InChI=1S/C21H25FN2O2S2/c1-13(2)11-28-23-20(26)16-6-9-18(14(3)10-16)24-19(25)12-27-21(24)15-4-7-17(22)8-5-15/h4-9,13-14,21H,10-12H2,1-3H3,(H,23,26). The number of amides is 2. The van der Waals surface area contributed by atoms with E-state index in [0.29, 0.717) is 18.1 Å². The highest BCUT2D eigenvalue weighted by atomic mass is 32.2. The molecule has 2 amide bonds. The van der Waals surface area contributed by atoms with Crippen LogP contribution in [0.2, 0.25) is 0 Å². The Morgan fingerprint density at radius 3 is 2.68 bits per heavy atom. The van der Waals surface area contributed by atoms with E-state index in [4.69, 9.17) is 0 Å². The van der Waals surface area contributed by atoms with Crippen LogP contribution in [-0.2, 0) is 9.59 Å². The molecule has 2 atom stereocenters. The maximum absolute atomic E-state index is 13.3. The van der Waals surface area contributed by atoms with Gasteiger partial charge in [-0.15, -0.1) is 11.8 Å². The molecule has 1 aromatic carbocycles. The highest BCUT2D eigenvalue weighted by Gasteiger charge is 2.37. The third kappa shape index (κ3) is 4.81. The highest BCUT2D eigenvalue weighted by molar-refractivity contribution is 8.00. The number of rotatable bonds is 6. The molecule has 0 spiro atoms. The van der Waals surface area contributed by atoms with E-state index >= 15 is 0 Å². The molecule has 1 heterocycles. The molecule has 2 unspecified atom stereocenters. The minimum atomic E-state index is -0.288. The first-order valence-corrected chi connectivity index (χ1v) is 11.4. The molecule has 1 saturated heterocycles. The van der Waals surface area contributed by atoms with Crippen LogP contribution in [-0.4, -0.2) is 28.2 Å². The van der Waals surface area contributed by atoms with E-state index in [2.05, 4.69) is 18.6 Å². The predicted molar refractivity (Wildman–Crippen MR) is 114 cm³/mol. The first kappa shape index (κ1) is 21.0. The average molecular weight is 421 g/mol. The van der Waals surface area contributed by atoms with Gasteiger partial charge in [-0.05, 0) is 48.1 Å². The van der Waals surface area contributed by atoms with Gasteiger partial charge < -0.3 is 0 Å². The van der Waals surface area contributed by atoms with Crippen molar-refractivity contribution in [3.63, 3.8) is 0 Å². The zero-order valence-electron chi connectivity index (χ0n) is 16.3. The van der Waals surface area contributed by atoms with Crippen LogP contribution in [0.3, 0.4) is 0 Å². The van der Waals surface area contributed by atoms with Gasteiger partial charge in [0.1, 0.15) is 11.2 Å². The lowest BCUT2D eigenvalue weighted by Gasteiger charge is -2.32. The number of carbonyl (C=O) groups excluding carboxylic acids is 2. The van der Waals surface area contributed by atoms with Crippen molar-refractivity contribution in [3.8, 4) is 0 Å². The van der Waals surface area contributed by atoms with Crippen molar-refractivity contribution in [2.45, 2.75) is 32.6 Å². The number of carbonyl (C=O) groups is 2. The van der Waals surface area contributed by atoms with E-state index in [1.807, 2.05) is 19.1 Å². The number of allylic oxidation sites excluding steroid dienone is 3. The van der Waals surface area contributed by atoms with Crippen molar-refractivity contribution in [1.29, 1.82) is 0 Å². The molecule has 1 aliphatic heterocycles. The summed E-state index contributed by atoms with van der Waals surface area (Å²) in [7, 11) is 0. The van der Waals surface area contributed by atoms with Gasteiger partial charge in [-0.1, -0.05) is 39.0 Å². The van der Waals surface area contributed by atoms with Gasteiger partial charge in [0.15, 0.2) is 0 Å². The monoisotopic (exact) mass is 420 g/mol. The number of hydrogen-bond acceptors (Lipinski definition) is 4. The van der Waals surface area contributed by atoms with E-state index in [1.165, 1.54) is 24.1 Å². The highest BCUT2D eigenvalue weighted by Crippen LogP contribution is 2.44. The zero-order valence-corrected chi connectivity index (χ0v) is 17.9. The van der Waals surface area contributed by atoms with Crippen LogP contribution in [0.4, 0.5) is 4.39 Å². The van der Waals surface area contributed by atoms with Gasteiger partial charge in [0, 0.05) is 22.9 Å². The topological polar surface area (TPSA) is 49.4 Å². The molecule has 1 fully saturated rings. The van der Waals surface area contributed by atoms with Crippen LogP contribution in [0, 0.1) is 17.7 Å². The minimum absolute atomic E-state index is 0.0474. The Morgan fingerprint density at radius 1 is 1.32 bits per heavy atom. The molecule has 7 heteroatoms. The Hall–Kier alpha value is -1.73. The Bertz CT molecular complexity index is 805. The molecule has 3 rings (SSSR count). The molecule has 4 nitrogen and oxygen atoms in total. The fraction of sp³-hybridized carbons (Fsp3) is 0.429. The van der Waals surface area contributed by atoms with Crippen LogP contribution in [0.15, 0.2) is 47.7 Å². The van der Waals surface area contributed by atoms with Gasteiger partial charge in [0.05, 0.1) is 5.75 Å². The van der Waals surface area contributed by atoms with Crippen molar-refractivity contribution < 1.29 is 14.0 Å². The van der Waals surface area contributed by atoms with Gasteiger partial charge in [0.2, 0.25) is 5.91 Å². The number of nitrogens with zero attached hydrogens (tertiary/aromatic N) is 1. The van der Waals surface area contributed by atoms with Gasteiger partial charge in [-0.3, -0.25) is 19.2 Å². The van der Waals surface area contributed by atoms with Crippen LogP contribution < -0.4 is 4.72 Å². The van der Waals surface area contributed by atoms with Gasteiger partial charge in [-0.25, -0.2) is 4.39 Å². The second-order valence-electron chi connectivity index (χ2n) is 7.50. The lowest BCUT2D eigenvalue weighted by molar-refractivity contribution is -0.126. The molecule has 0 bridgehead atoms. The molecule has 150 valence electrons. The van der Waals surface area contributed by atoms with E-state index in [1.54, 1.807) is 28.8 Å². The second kappa shape index (κ2) is 9.18. The average Bonchev–Trinajstić information content (AvgIpc) is 3.03. The van der Waals surface area contributed by atoms with Crippen LogP contribution in [0.1, 0.15) is 38.1 Å². The lowest BCUT2D eigenvalue weighted by atomic mass is 9.91. The lowest BCUT2D eigenvalue weighted by Crippen LogP contribution is -2.32. The van der Waals surface area contributed by atoms with Crippen molar-refractivity contribution >= 4 is 35.5 Å². The molecule has 1 N–H and O–H groups in total. The van der Waals surface area contributed by atoms with Crippen LogP contribution >= 0.6 is 23.7 Å². The summed E-state index contributed by atoms with van der Waals surface area (Å²) in [6.07, 6.45) is 4.29. The molecule has 0 saturated carbocycles. The third-order valence-corrected chi connectivity index (χ3v) is 7.04. The molecular weight excluding hydrogens is 395 g/mol. The third-order valence-electron chi connectivity index (χ3n) is 4.66. The van der Waals surface area contributed by atoms with E-state index in [9.17, 15) is 14.0 Å². The first-order chi connectivity index (χ1) is 13.4. The van der Waals surface area contributed by atoms with Gasteiger partial charge in [-0.2, -0.15) is 0 Å². The number of benzene rings is 1. The van der Waals surface area contributed by atoms with E-state index in [-0.39, 0.29) is 28.9 Å². The maximum Gasteiger partial charge on any atom is 0.257 e. The second-order valence-corrected chi connectivity index (χ2v) is 9.40. The summed E-state index contributed by atoms with van der Waals surface area (Å²) < 4.78 is 16.2. The smallest absolute Gasteiger partial charge is 0.257 e. The summed E-state index contributed by atoms with van der Waals surface area (Å²) in [5.41, 5.74) is 2.55. The Morgan fingerprint density at radius 2 is 2.04 bits per heavy atom. The Labute approximate surface area is 174 Å². The van der Waals surface area contributed by atoms with E-state index < -0.39 is 0 Å². The quantitative estimate of drug-likeness (QED) is 0.680. The summed E-state index contributed by atoms with van der Waals surface area (Å²) in [6.45, 7) is 6.25. The summed E-state index contributed by atoms with van der Waals surface area (Å²) in [5.74, 6) is 1.52. The summed E-state index contributed by atoms with van der Waals surface area (Å²) in [6, 6.07) is 6.31.